The fraction of sp³-hybridized carbons (Fsp3) is 0.143. The van der Waals surface area contributed by atoms with E-state index >= 15 is 0 Å². The van der Waals surface area contributed by atoms with Crippen LogP contribution in [0.4, 0.5) is 17.6 Å². The normalized spacial score (nSPS) is 12.5. The molecule has 100 valence electrons. The minimum Gasteiger partial charge on any atom is -0.207 e. The highest BCUT2D eigenvalue weighted by Gasteiger charge is 2.20. The second-order valence-electron chi connectivity index (χ2n) is 4.15. The van der Waals surface area contributed by atoms with Crippen molar-refractivity contribution in [2.75, 3.05) is 0 Å². The van der Waals surface area contributed by atoms with Crippen molar-refractivity contribution in [3.8, 4) is 0 Å². The molecule has 0 radical (unpaired) electrons. The number of rotatable bonds is 2. The van der Waals surface area contributed by atoms with Crippen molar-refractivity contribution in [2.45, 2.75) is 12.3 Å². The Labute approximate surface area is 112 Å². The molecule has 0 aliphatic carbocycles. The lowest BCUT2D eigenvalue weighted by molar-refractivity contribution is 0.490. The SMILES string of the molecule is Cc1cc(F)ccc1C(Cl)c1cc(F)c(F)cc1F. The van der Waals surface area contributed by atoms with E-state index in [0.29, 0.717) is 23.3 Å². The average molecular weight is 289 g/mol. The van der Waals surface area contributed by atoms with E-state index in [1.54, 1.807) is 6.92 Å². The van der Waals surface area contributed by atoms with E-state index in [1.807, 2.05) is 0 Å². The van der Waals surface area contributed by atoms with Crippen molar-refractivity contribution in [3.63, 3.8) is 0 Å². The Hall–Kier alpha value is -1.55. The molecule has 0 heterocycles. The molecule has 2 aromatic rings. The number of hydrogen-bond donors (Lipinski definition) is 0. The third-order valence-electron chi connectivity index (χ3n) is 2.82. The fourth-order valence-corrected chi connectivity index (χ4v) is 2.24. The Morgan fingerprint density at radius 1 is 0.842 bits per heavy atom. The van der Waals surface area contributed by atoms with Gasteiger partial charge in [0.1, 0.15) is 11.6 Å². The number of hydrogen-bond acceptors (Lipinski definition) is 0. The van der Waals surface area contributed by atoms with E-state index in [9.17, 15) is 17.6 Å². The molecule has 0 aliphatic rings. The summed E-state index contributed by atoms with van der Waals surface area (Å²) in [4.78, 5) is 0. The van der Waals surface area contributed by atoms with E-state index in [0.717, 1.165) is 0 Å². The predicted molar refractivity (Wildman–Crippen MR) is 65.1 cm³/mol. The van der Waals surface area contributed by atoms with Crippen molar-refractivity contribution < 1.29 is 17.6 Å². The van der Waals surface area contributed by atoms with Crippen molar-refractivity contribution in [1.82, 2.24) is 0 Å². The summed E-state index contributed by atoms with van der Waals surface area (Å²) < 4.78 is 52.6. The molecule has 0 N–H and O–H groups in total. The maximum absolute atomic E-state index is 13.6. The minimum atomic E-state index is -1.28. The van der Waals surface area contributed by atoms with Gasteiger partial charge in [0.05, 0.1) is 5.38 Å². The molecule has 0 nitrogen and oxygen atoms in total. The third-order valence-corrected chi connectivity index (χ3v) is 3.29. The van der Waals surface area contributed by atoms with Crippen LogP contribution in [0.1, 0.15) is 22.1 Å². The maximum Gasteiger partial charge on any atom is 0.161 e. The summed E-state index contributed by atoms with van der Waals surface area (Å²) in [6.07, 6.45) is 0. The molecule has 0 aromatic heterocycles. The summed E-state index contributed by atoms with van der Waals surface area (Å²) >= 11 is 6.07. The molecular formula is C14H9ClF4. The van der Waals surface area contributed by atoms with Gasteiger partial charge in [0.15, 0.2) is 11.6 Å². The lowest BCUT2D eigenvalue weighted by Gasteiger charge is -2.14. The highest BCUT2D eigenvalue weighted by atomic mass is 35.5. The monoisotopic (exact) mass is 288 g/mol. The molecule has 2 rings (SSSR count). The van der Waals surface area contributed by atoms with Crippen molar-refractivity contribution in [1.29, 1.82) is 0 Å². The molecule has 0 spiro atoms. The number of halogens is 5. The van der Waals surface area contributed by atoms with Crippen LogP contribution in [0.15, 0.2) is 30.3 Å². The van der Waals surface area contributed by atoms with E-state index in [1.165, 1.54) is 18.2 Å². The third kappa shape index (κ3) is 2.73. The molecule has 0 saturated carbocycles. The van der Waals surface area contributed by atoms with Gasteiger partial charge in [-0.1, -0.05) is 6.07 Å². The van der Waals surface area contributed by atoms with Crippen LogP contribution in [0.5, 0.6) is 0 Å². The first-order valence-electron chi connectivity index (χ1n) is 5.44. The molecule has 2 aromatic carbocycles. The summed E-state index contributed by atoms with van der Waals surface area (Å²) in [5, 5.41) is -1.02. The van der Waals surface area contributed by atoms with Gasteiger partial charge >= 0.3 is 0 Å². The van der Waals surface area contributed by atoms with E-state index in [-0.39, 0.29) is 5.56 Å². The quantitative estimate of drug-likeness (QED) is 0.420. The smallest absolute Gasteiger partial charge is 0.161 e. The number of alkyl halides is 1. The van der Waals surface area contributed by atoms with E-state index < -0.39 is 28.6 Å². The zero-order valence-electron chi connectivity index (χ0n) is 9.85. The van der Waals surface area contributed by atoms with Gasteiger partial charge in [-0.05, 0) is 36.2 Å². The van der Waals surface area contributed by atoms with Gasteiger partial charge in [0, 0.05) is 11.6 Å². The molecular weight excluding hydrogens is 280 g/mol. The van der Waals surface area contributed by atoms with Crippen molar-refractivity contribution >= 4 is 11.6 Å². The average Bonchev–Trinajstić information content (AvgIpc) is 2.33. The molecule has 0 amide bonds. The Balaban J connectivity index is 2.49. The largest absolute Gasteiger partial charge is 0.207 e. The van der Waals surface area contributed by atoms with Crippen LogP contribution in [-0.2, 0) is 0 Å². The maximum atomic E-state index is 13.6. The molecule has 0 saturated heterocycles. The molecule has 5 heteroatoms. The molecule has 1 atom stereocenters. The Morgan fingerprint density at radius 3 is 2.11 bits per heavy atom. The molecule has 0 fully saturated rings. The van der Waals surface area contributed by atoms with Gasteiger partial charge in [-0.3, -0.25) is 0 Å². The standard InChI is InChI=1S/C14H9ClF4/c1-7-4-8(16)2-3-9(7)14(15)10-5-12(18)13(19)6-11(10)17/h2-6,14H,1H3. The first kappa shape index (κ1) is 13.9. The van der Waals surface area contributed by atoms with Gasteiger partial charge in [-0.15, -0.1) is 11.6 Å². The molecule has 0 aliphatic heterocycles. The van der Waals surface area contributed by atoms with Crippen LogP contribution in [0.3, 0.4) is 0 Å². The Morgan fingerprint density at radius 2 is 1.47 bits per heavy atom. The zero-order valence-corrected chi connectivity index (χ0v) is 10.6. The molecule has 1 unspecified atom stereocenters. The van der Waals surface area contributed by atoms with E-state index in [2.05, 4.69) is 0 Å². The first-order valence-corrected chi connectivity index (χ1v) is 5.88. The summed E-state index contributed by atoms with van der Waals surface area (Å²) in [7, 11) is 0. The van der Waals surface area contributed by atoms with Crippen LogP contribution >= 0.6 is 11.6 Å². The summed E-state index contributed by atoms with van der Waals surface area (Å²) in [6, 6.07) is 4.96. The van der Waals surface area contributed by atoms with Crippen LogP contribution in [0, 0.1) is 30.2 Å². The highest BCUT2D eigenvalue weighted by Crippen LogP contribution is 2.33. The number of aryl methyl sites for hydroxylation is 1. The van der Waals surface area contributed by atoms with Gasteiger partial charge in [0.25, 0.3) is 0 Å². The Bertz CT molecular complexity index is 625. The van der Waals surface area contributed by atoms with Crippen LogP contribution in [0.2, 0.25) is 0 Å². The zero-order chi connectivity index (χ0) is 14.2. The van der Waals surface area contributed by atoms with Crippen LogP contribution in [0.25, 0.3) is 0 Å². The predicted octanol–water partition coefficient (Wildman–Crippen LogP) is 4.88. The van der Waals surface area contributed by atoms with E-state index in [4.69, 9.17) is 11.6 Å². The summed E-state index contributed by atoms with van der Waals surface area (Å²) in [5.74, 6) is -3.85. The minimum absolute atomic E-state index is 0.185. The Kier molecular flexibility index (Phi) is 3.80. The van der Waals surface area contributed by atoms with Crippen molar-refractivity contribution in [2.24, 2.45) is 0 Å². The number of benzene rings is 2. The van der Waals surface area contributed by atoms with Gasteiger partial charge < -0.3 is 0 Å². The van der Waals surface area contributed by atoms with Crippen LogP contribution in [-0.4, -0.2) is 0 Å². The lowest BCUT2D eigenvalue weighted by Crippen LogP contribution is -2.02. The second kappa shape index (κ2) is 5.21. The summed E-state index contributed by atoms with van der Waals surface area (Å²) in [6.45, 7) is 1.60. The topological polar surface area (TPSA) is 0 Å². The lowest BCUT2D eigenvalue weighted by atomic mass is 9.99. The van der Waals surface area contributed by atoms with Crippen LogP contribution < -0.4 is 0 Å². The van der Waals surface area contributed by atoms with Gasteiger partial charge in [-0.2, -0.15) is 0 Å². The fourth-order valence-electron chi connectivity index (χ4n) is 1.82. The summed E-state index contributed by atoms with van der Waals surface area (Å²) in [5.41, 5.74) is 0.757. The van der Waals surface area contributed by atoms with Gasteiger partial charge in [0.2, 0.25) is 0 Å². The highest BCUT2D eigenvalue weighted by molar-refractivity contribution is 6.22. The molecule has 19 heavy (non-hydrogen) atoms. The second-order valence-corrected chi connectivity index (χ2v) is 4.59. The first-order chi connectivity index (χ1) is 8.90. The van der Waals surface area contributed by atoms with Gasteiger partial charge in [-0.25, -0.2) is 17.6 Å². The molecule has 0 bridgehead atoms. The van der Waals surface area contributed by atoms with Crippen molar-refractivity contribution in [3.05, 3.63) is 70.3 Å².